The topological polar surface area (TPSA) is 77.5 Å². The van der Waals surface area contributed by atoms with Crippen molar-refractivity contribution in [2.24, 2.45) is 4.99 Å². The third kappa shape index (κ3) is 4.84. The van der Waals surface area contributed by atoms with E-state index >= 15 is 0 Å². The number of amides is 1. The van der Waals surface area contributed by atoms with Gasteiger partial charge in [-0.05, 0) is 37.3 Å². The predicted molar refractivity (Wildman–Crippen MR) is 109 cm³/mol. The molecule has 6 nitrogen and oxygen atoms in total. The quantitative estimate of drug-likeness (QED) is 0.250. The van der Waals surface area contributed by atoms with Crippen molar-refractivity contribution in [3.05, 3.63) is 63.4 Å². The van der Waals surface area contributed by atoms with Crippen LogP contribution in [-0.2, 0) is 11.3 Å². The van der Waals surface area contributed by atoms with Crippen LogP contribution in [0.4, 0.5) is 5.69 Å². The van der Waals surface area contributed by atoms with Gasteiger partial charge >= 0.3 is 0 Å². The van der Waals surface area contributed by atoms with E-state index in [4.69, 9.17) is 0 Å². The molecular weight excluding hydrogens is 382 g/mol. The van der Waals surface area contributed by atoms with Crippen LogP contribution in [0.15, 0.2) is 58.4 Å². The smallest absolute Gasteiger partial charge is 0.271 e. The van der Waals surface area contributed by atoms with Crippen LogP contribution in [0.5, 0.6) is 0 Å². The molecule has 0 saturated heterocycles. The minimum Gasteiger partial charge on any atom is -0.316 e. The summed E-state index contributed by atoms with van der Waals surface area (Å²) < 4.78 is 2.73. The van der Waals surface area contributed by atoms with Gasteiger partial charge in [0, 0.05) is 30.0 Å². The normalized spacial score (nSPS) is 11.8. The molecular formula is C19H19N3O3S2. The minimum atomic E-state index is -0.413. The van der Waals surface area contributed by atoms with Crippen molar-refractivity contribution in [1.82, 2.24) is 4.57 Å². The zero-order chi connectivity index (χ0) is 19.2. The highest BCUT2D eigenvalue weighted by molar-refractivity contribution is 7.99. The molecule has 0 aliphatic rings. The maximum Gasteiger partial charge on any atom is 0.271 e. The standard InChI is InChI=1S/C19H19N3O3S2/c1-2-21-16-13-14(22(24)25)10-11-17(16)27-19(21)20-18(23)9-6-12-26-15-7-4-3-5-8-15/h3-5,7-8,10-11,13H,2,6,9,12H2,1H3. The lowest BCUT2D eigenvalue weighted by Crippen LogP contribution is -2.15. The van der Waals surface area contributed by atoms with Crippen LogP contribution >= 0.6 is 23.1 Å². The van der Waals surface area contributed by atoms with Gasteiger partial charge in [0.25, 0.3) is 5.69 Å². The van der Waals surface area contributed by atoms with Gasteiger partial charge in [0.15, 0.2) is 4.80 Å². The molecule has 1 amide bonds. The highest BCUT2D eigenvalue weighted by Gasteiger charge is 2.12. The summed E-state index contributed by atoms with van der Waals surface area (Å²) in [6, 6.07) is 14.8. The SMILES string of the molecule is CCn1c(=NC(=O)CCCSc2ccccc2)sc2ccc([N+](=O)[O-])cc21. The van der Waals surface area contributed by atoms with Crippen molar-refractivity contribution in [3.8, 4) is 0 Å². The summed E-state index contributed by atoms with van der Waals surface area (Å²) in [7, 11) is 0. The molecule has 0 spiro atoms. The third-order valence-corrected chi connectivity index (χ3v) is 6.12. The van der Waals surface area contributed by atoms with E-state index in [1.807, 2.05) is 29.7 Å². The van der Waals surface area contributed by atoms with Gasteiger partial charge in [-0.25, -0.2) is 0 Å². The number of hydrogen-bond donors (Lipinski definition) is 0. The van der Waals surface area contributed by atoms with E-state index < -0.39 is 4.92 Å². The summed E-state index contributed by atoms with van der Waals surface area (Å²) in [5.74, 6) is 0.699. The van der Waals surface area contributed by atoms with E-state index in [0.717, 1.165) is 22.4 Å². The summed E-state index contributed by atoms with van der Waals surface area (Å²) in [6.07, 6.45) is 1.14. The van der Waals surface area contributed by atoms with Crippen LogP contribution in [0.1, 0.15) is 19.8 Å². The van der Waals surface area contributed by atoms with Crippen molar-refractivity contribution in [2.75, 3.05) is 5.75 Å². The van der Waals surface area contributed by atoms with Crippen LogP contribution in [0.3, 0.4) is 0 Å². The summed E-state index contributed by atoms with van der Waals surface area (Å²) in [5.41, 5.74) is 0.779. The van der Waals surface area contributed by atoms with Gasteiger partial charge in [-0.15, -0.1) is 11.8 Å². The molecule has 1 heterocycles. The second kappa shape index (κ2) is 8.96. The Labute approximate surface area is 164 Å². The number of carbonyl (C=O) groups is 1. The van der Waals surface area contributed by atoms with E-state index in [0.29, 0.717) is 17.8 Å². The molecule has 0 N–H and O–H groups in total. The van der Waals surface area contributed by atoms with Gasteiger partial charge in [-0.1, -0.05) is 29.5 Å². The summed E-state index contributed by atoms with van der Waals surface area (Å²) >= 11 is 3.11. The summed E-state index contributed by atoms with van der Waals surface area (Å²) in [6.45, 7) is 2.53. The molecule has 27 heavy (non-hydrogen) atoms. The van der Waals surface area contributed by atoms with E-state index in [1.54, 1.807) is 17.8 Å². The largest absolute Gasteiger partial charge is 0.316 e. The number of non-ortho nitro benzene ring substituents is 1. The lowest BCUT2D eigenvalue weighted by molar-refractivity contribution is -0.384. The number of nitro benzene ring substituents is 1. The van der Waals surface area contributed by atoms with E-state index in [9.17, 15) is 14.9 Å². The van der Waals surface area contributed by atoms with Gasteiger partial charge in [-0.2, -0.15) is 4.99 Å². The Morgan fingerprint density at radius 3 is 2.74 bits per heavy atom. The first-order valence-electron chi connectivity index (χ1n) is 8.61. The second-order valence-corrected chi connectivity index (χ2v) is 7.99. The molecule has 0 unspecified atom stereocenters. The van der Waals surface area contributed by atoms with Crippen molar-refractivity contribution >= 4 is 44.9 Å². The van der Waals surface area contributed by atoms with Crippen molar-refractivity contribution in [3.63, 3.8) is 0 Å². The molecule has 140 valence electrons. The molecule has 3 aromatic rings. The number of hydrogen-bond acceptors (Lipinski definition) is 5. The first-order chi connectivity index (χ1) is 13.1. The molecule has 0 fully saturated rings. The average Bonchev–Trinajstić information content (AvgIpc) is 3.02. The molecule has 0 atom stereocenters. The number of nitro groups is 1. The van der Waals surface area contributed by atoms with Crippen molar-refractivity contribution in [1.29, 1.82) is 0 Å². The van der Waals surface area contributed by atoms with Crippen LogP contribution in [0.2, 0.25) is 0 Å². The molecule has 3 rings (SSSR count). The molecule has 0 aliphatic heterocycles. The third-order valence-electron chi connectivity index (χ3n) is 3.96. The van der Waals surface area contributed by atoms with Crippen LogP contribution in [0.25, 0.3) is 10.2 Å². The average molecular weight is 402 g/mol. The Kier molecular flexibility index (Phi) is 6.41. The number of rotatable bonds is 7. The van der Waals surface area contributed by atoms with Gasteiger partial charge in [-0.3, -0.25) is 14.9 Å². The fourth-order valence-corrected chi connectivity index (χ4v) is 4.62. The maximum absolute atomic E-state index is 12.3. The van der Waals surface area contributed by atoms with Gasteiger partial charge < -0.3 is 4.57 Å². The Balaban J connectivity index is 1.70. The zero-order valence-corrected chi connectivity index (χ0v) is 16.5. The van der Waals surface area contributed by atoms with Crippen molar-refractivity contribution in [2.45, 2.75) is 31.2 Å². The van der Waals surface area contributed by atoms with Crippen LogP contribution < -0.4 is 4.80 Å². The van der Waals surface area contributed by atoms with E-state index in [1.165, 1.54) is 28.4 Å². The predicted octanol–water partition coefficient (Wildman–Crippen LogP) is 4.63. The van der Waals surface area contributed by atoms with Gasteiger partial charge in [0.2, 0.25) is 5.91 Å². The van der Waals surface area contributed by atoms with E-state index in [2.05, 4.69) is 17.1 Å². The monoisotopic (exact) mass is 401 g/mol. The molecule has 2 aromatic carbocycles. The maximum atomic E-state index is 12.3. The highest BCUT2D eigenvalue weighted by Crippen LogP contribution is 2.23. The van der Waals surface area contributed by atoms with Crippen molar-refractivity contribution < 1.29 is 9.72 Å². The van der Waals surface area contributed by atoms with Gasteiger partial charge in [0.05, 0.1) is 15.1 Å². The number of nitrogens with zero attached hydrogens (tertiary/aromatic N) is 3. The first kappa shape index (κ1) is 19.3. The Morgan fingerprint density at radius 2 is 2.04 bits per heavy atom. The number of carbonyl (C=O) groups excluding carboxylic acids is 1. The molecule has 1 aromatic heterocycles. The number of fused-ring (bicyclic) bond motifs is 1. The number of thiazole rings is 1. The second-order valence-electron chi connectivity index (χ2n) is 5.81. The molecule has 0 radical (unpaired) electrons. The lowest BCUT2D eigenvalue weighted by atomic mass is 10.3. The number of benzene rings is 2. The number of aromatic nitrogens is 1. The summed E-state index contributed by atoms with van der Waals surface area (Å²) in [4.78, 5) is 28.9. The molecule has 0 saturated carbocycles. The zero-order valence-electron chi connectivity index (χ0n) is 14.8. The Hall–Kier alpha value is -2.45. The molecule has 8 heteroatoms. The highest BCUT2D eigenvalue weighted by atomic mass is 32.2. The number of aryl methyl sites for hydroxylation is 1. The summed E-state index contributed by atoms with van der Waals surface area (Å²) in [5, 5.41) is 11.0. The number of thioether (sulfide) groups is 1. The minimum absolute atomic E-state index is 0.0401. The fourth-order valence-electron chi connectivity index (χ4n) is 2.65. The van der Waals surface area contributed by atoms with Crippen LogP contribution in [-0.4, -0.2) is 21.2 Å². The lowest BCUT2D eigenvalue weighted by Gasteiger charge is -2.01. The molecule has 0 bridgehead atoms. The fraction of sp³-hybridized carbons (Fsp3) is 0.263. The Morgan fingerprint density at radius 1 is 1.26 bits per heavy atom. The van der Waals surface area contributed by atoms with Gasteiger partial charge in [0.1, 0.15) is 0 Å². The van der Waals surface area contributed by atoms with Crippen LogP contribution in [0, 0.1) is 10.1 Å². The Bertz CT molecular complexity index is 1030. The first-order valence-corrected chi connectivity index (χ1v) is 10.4. The molecule has 0 aliphatic carbocycles. The van der Waals surface area contributed by atoms with E-state index in [-0.39, 0.29) is 11.6 Å².